The largest absolute Gasteiger partial charge is 0.550 e. The third-order valence-electron chi connectivity index (χ3n) is 3.53. The van der Waals surface area contributed by atoms with Crippen LogP contribution in [0.3, 0.4) is 0 Å². The average Bonchev–Trinajstić information content (AvgIpc) is 2.71. The Bertz CT molecular complexity index is 758. The first kappa shape index (κ1) is 21.3. The summed E-state index contributed by atoms with van der Waals surface area (Å²) in [5.41, 5.74) is 0. The van der Waals surface area contributed by atoms with E-state index in [-0.39, 0.29) is 17.5 Å². The second-order valence-electron chi connectivity index (χ2n) is 5.60. The van der Waals surface area contributed by atoms with Gasteiger partial charge in [0.2, 0.25) is 0 Å². The standard InChI is InChI=1S/C18H15S.C5H8O4/c1-4-10-16(11-5-1)19(17-12-6-2-7-13-17)18-14-8-3-9-15-18;1-2-9-5(8)3-4(6)7/h1-15H;2-3H2,1H3,(H,6,7)/q+1;/p-1. The molecule has 5 heteroatoms. The second kappa shape index (κ2) is 11.6. The summed E-state index contributed by atoms with van der Waals surface area (Å²) in [5.74, 6) is -2.16. The van der Waals surface area contributed by atoms with Crippen LogP contribution in [-0.4, -0.2) is 18.5 Å². The lowest BCUT2D eigenvalue weighted by atomic mass is 10.4. The first-order valence-electron chi connectivity index (χ1n) is 8.86. The zero-order chi connectivity index (χ0) is 20.2. The van der Waals surface area contributed by atoms with Crippen LogP contribution in [0.25, 0.3) is 0 Å². The topological polar surface area (TPSA) is 66.4 Å². The van der Waals surface area contributed by atoms with E-state index in [0.717, 1.165) is 0 Å². The number of carboxylic acid groups (broad SMARTS) is 1. The maximum atomic E-state index is 10.2. The van der Waals surface area contributed by atoms with E-state index in [2.05, 4.69) is 95.7 Å². The summed E-state index contributed by atoms with van der Waals surface area (Å²) in [7, 11) is -0.0146. The molecule has 4 nitrogen and oxygen atoms in total. The lowest BCUT2D eigenvalue weighted by molar-refractivity contribution is -0.305. The van der Waals surface area contributed by atoms with Gasteiger partial charge in [0.1, 0.15) is 0 Å². The van der Waals surface area contributed by atoms with Gasteiger partial charge < -0.3 is 14.6 Å². The zero-order valence-electron chi connectivity index (χ0n) is 15.6. The molecule has 28 heavy (non-hydrogen) atoms. The molecule has 0 saturated heterocycles. The van der Waals surface area contributed by atoms with Crippen molar-refractivity contribution in [3.63, 3.8) is 0 Å². The van der Waals surface area contributed by atoms with Gasteiger partial charge in [-0.1, -0.05) is 54.6 Å². The summed E-state index contributed by atoms with van der Waals surface area (Å²) in [6.45, 7) is 1.80. The van der Waals surface area contributed by atoms with E-state index in [1.54, 1.807) is 6.92 Å². The molecule has 0 aromatic heterocycles. The lowest BCUT2D eigenvalue weighted by Crippen LogP contribution is -2.26. The highest BCUT2D eigenvalue weighted by Crippen LogP contribution is 2.30. The van der Waals surface area contributed by atoms with E-state index in [9.17, 15) is 14.7 Å². The van der Waals surface area contributed by atoms with Crippen molar-refractivity contribution in [2.24, 2.45) is 0 Å². The molecule has 0 heterocycles. The number of aliphatic carboxylic acids is 1. The Morgan fingerprint density at radius 3 is 1.39 bits per heavy atom. The molecule has 0 aliphatic carbocycles. The van der Waals surface area contributed by atoms with E-state index in [1.165, 1.54) is 14.7 Å². The molecular formula is C23H22O4S. The average molecular weight is 394 g/mol. The van der Waals surface area contributed by atoms with Gasteiger partial charge in [-0.2, -0.15) is 0 Å². The summed E-state index contributed by atoms with van der Waals surface area (Å²) < 4.78 is 4.29. The Kier molecular flexibility index (Phi) is 8.82. The Morgan fingerprint density at radius 1 is 0.750 bits per heavy atom. The number of carboxylic acids is 1. The van der Waals surface area contributed by atoms with Crippen LogP contribution in [0.15, 0.2) is 106 Å². The number of carbonyl (C=O) groups is 2. The molecule has 0 fully saturated rings. The van der Waals surface area contributed by atoms with Crippen molar-refractivity contribution in [2.75, 3.05) is 6.61 Å². The van der Waals surface area contributed by atoms with E-state index in [1.807, 2.05) is 0 Å². The molecular weight excluding hydrogens is 372 g/mol. The molecule has 0 spiro atoms. The molecule has 3 aromatic carbocycles. The fourth-order valence-electron chi connectivity index (χ4n) is 2.41. The van der Waals surface area contributed by atoms with Gasteiger partial charge in [0.05, 0.1) is 29.9 Å². The van der Waals surface area contributed by atoms with Crippen molar-refractivity contribution >= 4 is 22.8 Å². The highest BCUT2D eigenvalue weighted by Gasteiger charge is 2.27. The highest BCUT2D eigenvalue weighted by molar-refractivity contribution is 7.97. The number of hydrogen-bond donors (Lipinski definition) is 0. The monoisotopic (exact) mass is 394 g/mol. The molecule has 0 N–H and O–H groups in total. The molecule has 144 valence electrons. The smallest absolute Gasteiger partial charge is 0.311 e. The number of rotatable bonds is 6. The van der Waals surface area contributed by atoms with Crippen molar-refractivity contribution < 1.29 is 19.4 Å². The molecule has 0 aliphatic rings. The van der Waals surface area contributed by atoms with Gasteiger partial charge in [-0.05, 0) is 43.3 Å². The number of carbonyl (C=O) groups excluding carboxylic acids is 2. The van der Waals surface area contributed by atoms with Crippen molar-refractivity contribution in [3.8, 4) is 0 Å². The summed E-state index contributed by atoms with van der Waals surface area (Å²) in [4.78, 5) is 24.0. The van der Waals surface area contributed by atoms with Gasteiger partial charge >= 0.3 is 5.97 Å². The van der Waals surface area contributed by atoms with E-state index in [0.29, 0.717) is 0 Å². The van der Waals surface area contributed by atoms with Crippen LogP contribution >= 0.6 is 0 Å². The maximum Gasteiger partial charge on any atom is 0.311 e. The van der Waals surface area contributed by atoms with Gasteiger partial charge in [-0.3, -0.25) is 4.79 Å². The number of hydrogen-bond acceptors (Lipinski definition) is 4. The van der Waals surface area contributed by atoms with E-state index < -0.39 is 18.4 Å². The van der Waals surface area contributed by atoms with Crippen molar-refractivity contribution in [3.05, 3.63) is 91.0 Å². The third kappa shape index (κ3) is 6.93. The molecule has 0 bridgehead atoms. The van der Waals surface area contributed by atoms with Gasteiger partial charge in [-0.15, -0.1) is 0 Å². The summed E-state index contributed by atoms with van der Waals surface area (Å²) in [5, 5.41) is 9.67. The van der Waals surface area contributed by atoms with Crippen molar-refractivity contribution in [1.29, 1.82) is 0 Å². The summed E-state index contributed by atoms with van der Waals surface area (Å²) >= 11 is 0. The first-order valence-corrected chi connectivity index (χ1v) is 10.1. The van der Waals surface area contributed by atoms with Gasteiger partial charge in [-0.25, -0.2) is 0 Å². The van der Waals surface area contributed by atoms with Crippen LogP contribution in [0.5, 0.6) is 0 Å². The molecule has 0 saturated carbocycles. The minimum atomic E-state index is -1.41. The van der Waals surface area contributed by atoms with Gasteiger partial charge in [0.25, 0.3) is 0 Å². The highest BCUT2D eigenvalue weighted by atomic mass is 32.2. The molecule has 3 aromatic rings. The minimum Gasteiger partial charge on any atom is -0.550 e. The van der Waals surface area contributed by atoms with Crippen molar-refractivity contribution in [2.45, 2.75) is 28.0 Å². The first-order chi connectivity index (χ1) is 13.6. The Morgan fingerprint density at radius 2 is 1.11 bits per heavy atom. The van der Waals surface area contributed by atoms with E-state index in [4.69, 9.17) is 0 Å². The summed E-state index contributed by atoms with van der Waals surface area (Å²) in [6, 6.07) is 32.2. The molecule has 0 unspecified atom stereocenters. The van der Waals surface area contributed by atoms with E-state index >= 15 is 0 Å². The number of ether oxygens (including phenoxy) is 1. The minimum absolute atomic E-state index is 0.0146. The maximum absolute atomic E-state index is 10.2. The SMILES string of the molecule is CCOC(=O)CC(=O)[O-].c1ccc([S+](c2ccccc2)c2ccccc2)cc1. The van der Waals surface area contributed by atoms with Crippen LogP contribution in [0.2, 0.25) is 0 Å². The van der Waals surface area contributed by atoms with Crippen LogP contribution in [0.1, 0.15) is 13.3 Å². The Balaban J connectivity index is 0.000000266. The van der Waals surface area contributed by atoms with Gasteiger partial charge in [0, 0.05) is 0 Å². The number of benzene rings is 3. The quantitative estimate of drug-likeness (QED) is 0.365. The second-order valence-corrected chi connectivity index (χ2v) is 7.63. The Labute approximate surface area is 168 Å². The predicted molar refractivity (Wildman–Crippen MR) is 108 cm³/mol. The fraction of sp³-hybridized carbons (Fsp3) is 0.130. The lowest BCUT2D eigenvalue weighted by Gasteiger charge is -2.07. The fourth-order valence-corrected chi connectivity index (χ4v) is 4.51. The van der Waals surface area contributed by atoms with Gasteiger partial charge in [0.15, 0.2) is 14.7 Å². The van der Waals surface area contributed by atoms with Crippen LogP contribution < -0.4 is 5.11 Å². The van der Waals surface area contributed by atoms with Crippen molar-refractivity contribution in [1.82, 2.24) is 0 Å². The zero-order valence-corrected chi connectivity index (χ0v) is 16.4. The number of esters is 1. The molecule has 0 atom stereocenters. The van der Waals surface area contributed by atoms with Crippen LogP contribution in [-0.2, 0) is 25.2 Å². The molecule has 0 aliphatic heterocycles. The normalized spacial score (nSPS) is 9.93. The molecule has 0 radical (unpaired) electrons. The third-order valence-corrected chi connectivity index (χ3v) is 5.76. The predicted octanol–water partition coefficient (Wildman–Crippen LogP) is 3.47. The molecule has 0 amide bonds. The summed E-state index contributed by atoms with van der Waals surface area (Å²) in [6.07, 6.45) is -0.659. The Hall–Kier alpha value is -3.05. The molecule has 3 rings (SSSR count). The van der Waals surface area contributed by atoms with Crippen LogP contribution in [0.4, 0.5) is 0 Å². The van der Waals surface area contributed by atoms with Crippen LogP contribution in [0, 0.1) is 0 Å².